The van der Waals surface area contributed by atoms with Crippen LogP contribution in [0.3, 0.4) is 0 Å². The zero-order valence-electron chi connectivity index (χ0n) is 15.5. The van der Waals surface area contributed by atoms with Crippen molar-refractivity contribution in [2.75, 3.05) is 20.3 Å². The van der Waals surface area contributed by atoms with E-state index < -0.39 is 0 Å². The Morgan fingerprint density at radius 3 is 2.89 bits per heavy atom. The van der Waals surface area contributed by atoms with Crippen molar-refractivity contribution in [1.29, 1.82) is 0 Å². The highest BCUT2D eigenvalue weighted by atomic mass is 16.5. The minimum Gasteiger partial charge on any atom is -0.497 e. The summed E-state index contributed by atoms with van der Waals surface area (Å²) in [5.41, 5.74) is 10.5. The maximum atomic E-state index is 6.10. The van der Waals surface area contributed by atoms with Crippen molar-refractivity contribution in [3.63, 3.8) is 0 Å². The van der Waals surface area contributed by atoms with Crippen LogP contribution in [0.2, 0.25) is 0 Å². The van der Waals surface area contributed by atoms with E-state index in [1.54, 1.807) is 7.11 Å². The highest BCUT2D eigenvalue weighted by Crippen LogP contribution is 2.24. The van der Waals surface area contributed by atoms with Crippen molar-refractivity contribution < 1.29 is 4.74 Å². The van der Waals surface area contributed by atoms with Gasteiger partial charge in [0.1, 0.15) is 12.4 Å². The van der Waals surface area contributed by atoms with E-state index in [-0.39, 0.29) is 6.04 Å². The average molecular weight is 361 g/mol. The Kier molecular flexibility index (Phi) is 4.64. The first-order chi connectivity index (χ1) is 13.2. The molecule has 2 aromatic carbocycles. The summed E-state index contributed by atoms with van der Waals surface area (Å²) in [6.07, 6.45) is 3.99. The van der Waals surface area contributed by atoms with Gasteiger partial charge in [-0.15, -0.1) is 0 Å². The summed E-state index contributed by atoms with van der Waals surface area (Å²) < 4.78 is 5.35. The first kappa shape index (κ1) is 17.3. The molecule has 1 aromatic heterocycles. The van der Waals surface area contributed by atoms with Gasteiger partial charge in [0.2, 0.25) is 0 Å². The number of aryl methyl sites for hydroxylation is 1. The molecule has 0 radical (unpaired) electrons. The maximum absolute atomic E-state index is 6.10. The zero-order chi connectivity index (χ0) is 18.8. The van der Waals surface area contributed by atoms with E-state index in [1.165, 1.54) is 0 Å². The van der Waals surface area contributed by atoms with Crippen molar-refractivity contribution in [1.82, 2.24) is 15.1 Å². The first-order valence-electron chi connectivity index (χ1n) is 8.96. The molecule has 1 aliphatic heterocycles. The van der Waals surface area contributed by atoms with Crippen molar-refractivity contribution in [3.05, 3.63) is 70.5 Å². The number of nitrogens with one attached hydrogen (secondary N) is 1. The number of hydrogen-bond acceptors (Lipinski definition) is 5. The quantitative estimate of drug-likeness (QED) is 0.725. The van der Waals surface area contributed by atoms with Gasteiger partial charge in [-0.05, 0) is 36.2 Å². The molecule has 1 aliphatic rings. The molecule has 1 atom stereocenters. The maximum Gasteiger partial charge on any atom is 0.119 e. The fourth-order valence-corrected chi connectivity index (χ4v) is 3.48. The highest BCUT2D eigenvalue weighted by molar-refractivity contribution is 5.64. The van der Waals surface area contributed by atoms with E-state index in [0.29, 0.717) is 13.2 Å². The largest absolute Gasteiger partial charge is 0.497 e. The topological polar surface area (TPSA) is 79.5 Å². The van der Waals surface area contributed by atoms with Crippen LogP contribution in [0.15, 0.2) is 53.7 Å². The van der Waals surface area contributed by atoms with Crippen LogP contribution in [0, 0.1) is 6.92 Å². The van der Waals surface area contributed by atoms with Crippen LogP contribution in [-0.4, -0.2) is 35.4 Å². The third-order valence-electron chi connectivity index (χ3n) is 4.98. The molecule has 0 spiro atoms. The Morgan fingerprint density at radius 1 is 1.26 bits per heavy atom. The summed E-state index contributed by atoms with van der Waals surface area (Å²) >= 11 is 0. The van der Waals surface area contributed by atoms with Gasteiger partial charge in [0, 0.05) is 29.2 Å². The molecule has 0 fully saturated rings. The van der Waals surface area contributed by atoms with Crippen molar-refractivity contribution in [3.8, 4) is 16.9 Å². The average Bonchev–Trinajstić information content (AvgIpc) is 3.14. The molecule has 1 unspecified atom stereocenters. The summed E-state index contributed by atoms with van der Waals surface area (Å²) in [7, 11) is 1.68. The molecule has 6 nitrogen and oxygen atoms in total. The molecule has 4 rings (SSSR count). The van der Waals surface area contributed by atoms with E-state index in [1.807, 2.05) is 31.3 Å². The number of aromatic nitrogens is 2. The Balaban J connectivity index is 1.68. The molecule has 3 aromatic rings. The van der Waals surface area contributed by atoms with Crippen molar-refractivity contribution in [2.24, 2.45) is 10.7 Å². The van der Waals surface area contributed by atoms with E-state index in [9.17, 15) is 0 Å². The van der Waals surface area contributed by atoms with Crippen LogP contribution in [0.1, 0.15) is 17.3 Å². The summed E-state index contributed by atoms with van der Waals surface area (Å²) in [5, 5.41) is 9.17. The molecule has 0 bridgehead atoms. The van der Waals surface area contributed by atoms with E-state index in [0.717, 1.165) is 38.7 Å². The normalized spacial score (nSPS) is 14.1. The fourth-order valence-electron chi connectivity index (χ4n) is 3.48. The van der Waals surface area contributed by atoms with Gasteiger partial charge in [-0.1, -0.05) is 24.3 Å². The lowest BCUT2D eigenvalue weighted by Crippen LogP contribution is -2.39. The number of rotatable bonds is 5. The highest BCUT2D eigenvalue weighted by Gasteiger charge is 2.18. The van der Waals surface area contributed by atoms with E-state index in [2.05, 4.69) is 45.6 Å². The summed E-state index contributed by atoms with van der Waals surface area (Å²) in [4.78, 5) is 6.97. The lowest BCUT2D eigenvalue weighted by molar-refractivity contribution is 0.315. The second-order valence-corrected chi connectivity index (χ2v) is 6.65. The van der Waals surface area contributed by atoms with Gasteiger partial charge in [-0.3, -0.25) is 10.1 Å². The zero-order valence-corrected chi connectivity index (χ0v) is 15.5. The van der Waals surface area contributed by atoms with Gasteiger partial charge in [-0.25, -0.2) is 0 Å². The van der Waals surface area contributed by atoms with E-state index >= 15 is 0 Å². The number of nitrogens with two attached hydrogens (primary N) is 1. The lowest BCUT2D eigenvalue weighted by Gasteiger charge is -2.30. The smallest absolute Gasteiger partial charge is 0.119 e. The van der Waals surface area contributed by atoms with Crippen LogP contribution < -0.4 is 21.0 Å². The summed E-state index contributed by atoms with van der Waals surface area (Å²) in [5.74, 6) is 0.834. The predicted molar refractivity (Wildman–Crippen MR) is 106 cm³/mol. The molecule has 0 saturated heterocycles. The van der Waals surface area contributed by atoms with Crippen molar-refractivity contribution >= 4 is 6.20 Å². The minimum atomic E-state index is 0.0489. The number of ether oxygens (including phenoxy) is 1. The Hall–Kier alpha value is -3.12. The van der Waals surface area contributed by atoms with E-state index in [4.69, 9.17) is 15.5 Å². The van der Waals surface area contributed by atoms with Crippen molar-refractivity contribution in [2.45, 2.75) is 13.0 Å². The van der Waals surface area contributed by atoms with Gasteiger partial charge in [0.25, 0.3) is 0 Å². The number of benzene rings is 2. The number of nitrogens with zero attached hydrogens (tertiary/aromatic N) is 3. The van der Waals surface area contributed by atoms with Crippen LogP contribution in [0.5, 0.6) is 5.75 Å². The summed E-state index contributed by atoms with van der Waals surface area (Å²) in [6.45, 7) is 3.09. The fraction of sp³-hybridized carbons (Fsp3) is 0.238. The van der Waals surface area contributed by atoms with Gasteiger partial charge in [0.15, 0.2) is 0 Å². The SMILES string of the molecule is COc1cccc(C(CN)N2C=c3ccc(-c4cn[nH]c4C)cc3=NC2)c1. The minimum absolute atomic E-state index is 0.0489. The molecule has 0 amide bonds. The predicted octanol–water partition coefficient (Wildman–Crippen LogP) is 1.72. The second-order valence-electron chi connectivity index (χ2n) is 6.65. The molecule has 138 valence electrons. The Labute approximate surface area is 158 Å². The first-order valence-corrected chi connectivity index (χ1v) is 8.96. The molecule has 2 heterocycles. The monoisotopic (exact) mass is 361 g/mol. The molecule has 3 N–H and O–H groups in total. The third kappa shape index (κ3) is 3.31. The number of aromatic amines is 1. The van der Waals surface area contributed by atoms with Gasteiger partial charge in [-0.2, -0.15) is 5.10 Å². The molecular weight excluding hydrogens is 338 g/mol. The molecule has 27 heavy (non-hydrogen) atoms. The van der Waals surface area contributed by atoms with Gasteiger partial charge in [0.05, 0.1) is 24.7 Å². The summed E-state index contributed by atoms with van der Waals surface area (Å²) in [6, 6.07) is 14.4. The number of methoxy groups -OCH3 is 1. The Morgan fingerprint density at radius 2 is 2.15 bits per heavy atom. The standard InChI is InChI=1S/C21H23N5O/c1-14-19(11-24-25-14)15-6-7-17-12-26(13-23-20(17)9-15)21(10-22)16-4-3-5-18(8-16)27-2/h3-9,11-12,21H,10,13,22H2,1-2H3,(H,24,25). The number of H-pyrrole nitrogens is 1. The molecular formula is C21H23N5O. The molecule has 6 heteroatoms. The van der Waals surface area contributed by atoms with Crippen LogP contribution >= 0.6 is 0 Å². The van der Waals surface area contributed by atoms with Crippen LogP contribution in [0.25, 0.3) is 17.3 Å². The Bertz CT molecular complexity index is 1070. The third-order valence-corrected chi connectivity index (χ3v) is 4.98. The number of fused-ring (bicyclic) bond motifs is 1. The molecule has 0 saturated carbocycles. The molecule has 0 aliphatic carbocycles. The lowest BCUT2D eigenvalue weighted by atomic mass is 10.0. The van der Waals surface area contributed by atoms with Gasteiger partial charge < -0.3 is 15.4 Å². The number of hydrogen-bond donors (Lipinski definition) is 2. The van der Waals surface area contributed by atoms with Crippen LogP contribution in [-0.2, 0) is 0 Å². The second kappa shape index (κ2) is 7.25. The van der Waals surface area contributed by atoms with Gasteiger partial charge >= 0.3 is 0 Å². The van der Waals surface area contributed by atoms with Crippen LogP contribution in [0.4, 0.5) is 0 Å².